The lowest BCUT2D eigenvalue weighted by Crippen LogP contribution is -2.22. The first-order valence-electron chi connectivity index (χ1n) is 7.33. The summed E-state index contributed by atoms with van der Waals surface area (Å²) in [6.45, 7) is 2.03. The van der Waals surface area contributed by atoms with Gasteiger partial charge in [-0.25, -0.2) is 8.42 Å². The maximum atomic E-state index is 12.5. The van der Waals surface area contributed by atoms with Crippen LogP contribution in [0.25, 0.3) is 0 Å². The van der Waals surface area contributed by atoms with E-state index in [1.165, 1.54) is 14.2 Å². The minimum absolute atomic E-state index is 0.135. The zero-order valence-corrected chi connectivity index (χ0v) is 14.7. The van der Waals surface area contributed by atoms with Crippen molar-refractivity contribution in [2.24, 2.45) is 0 Å². The zero-order valence-electron chi connectivity index (χ0n) is 13.9. The fourth-order valence-electron chi connectivity index (χ4n) is 1.99. The van der Waals surface area contributed by atoms with Crippen LogP contribution in [0.2, 0.25) is 0 Å². The normalized spacial score (nSPS) is 11.5. The summed E-state index contributed by atoms with van der Waals surface area (Å²) in [4.78, 5) is 0.189. The largest absolute Gasteiger partial charge is 0.486 e. The number of hydrogen-bond donors (Lipinski definition) is 1. The minimum atomic E-state index is -3.69. The van der Waals surface area contributed by atoms with Gasteiger partial charge in [0, 0.05) is 14.2 Å². The van der Waals surface area contributed by atoms with Crippen molar-refractivity contribution in [1.82, 2.24) is 0 Å². The van der Waals surface area contributed by atoms with E-state index in [2.05, 4.69) is 4.72 Å². The van der Waals surface area contributed by atoms with E-state index in [1.807, 2.05) is 6.92 Å². The average molecular weight is 351 g/mol. The number of nitrogens with one attached hydrogen (secondary N) is 1. The molecular weight excluding hydrogens is 330 g/mol. The van der Waals surface area contributed by atoms with Crippen molar-refractivity contribution < 1.29 is 22.6 Å². The van der Waals surface area contributed by atoms with Gasteiger partial charge in [0.2, 0.25) is 0 Å². The Balaban J connectivity index is 2.18. The molecule has 0 aliphatic heterocycles. The predicted octanol–water partition coefficient (Wildman–Crippen LogP) is 2.79. The fourth-order valence-corrected chi connectivity index (χ4v) is 3.06. The maximum absolute atomic E-state index is 12.5. The van der Waals surface area contributed by atoms with E-state index < -0.39 is 16.3 Å². The molecule has 0 radical (unpaired) electrons. The van der Waals surface area contributed by atoms with Gasteiger partial charge < -0.3 is 14.2 Å². The van der Waals surface area contributed by atoms with Gasteiger partial charge >= 0.3 is 0 Å². The second-order valence-corrected chi connectivity index (χ2v) is 6.81. The van der Waals surface area contributed by atoms with Crippen LogP contribution in [0.4, 0.5) is 5.69 Å². The van der Waals surface area contributed by atoms with Crippen LogP contribution in [0.5, 0.6) is 5.75 Å². The second kappa shape index (κ2) is 8.14. The molecule has 0 spiro atoms. The molecule has 0 bridgehead atoms. The molecule has 2 rings (SSSR count). The van der Waals surface area contributed by atoms with Crippen LogP contribution in [0.3, 0.4) is 0 Å². The monoisotopic (exact) mass is 351 g/mol. The number of benzene rings is 2. The van der Waals surface area contributed by atoms with Crippen molar-refractivity contribution in [3.63, 3.8) is 0 Å². The first-order chi connectivity index (χ1) is 11.5. The molecule has 1 N–H and O–H groups in total. The number of hydrogen-bond acceptors (Lipinski definition) is 5. The van der Waals surface area contributed by atoms with Crippen LogP contribution < -0.4 is 9.46 Å². The van der Waals surface area contributed by atoms with Gasteiger partial charge in [-0.05, 0) is 31.2 Å². The molecule has 0 aliphatic carbocycles. The molecule has 0 atom stereocenters. The lowest BCUT2D eigenvalue weighted by atomic mass is 10.2. The van der Waals surface area contributed by atoms with Gasteiger partial charge in [0.05, 0.1) is 10.6 Å². The van der Waals surface area contributed by atoms with E-state index in [0.717, 1.165) is 5.56 Å². The molecule has 0 saturated heterocycles. The van der Waals surface area contributed by atoms with Crippen LogP contribution in [0.15, 0.2) is 53.4 Å². The Kier molecular flexibility index (Phi) is 6.19. The van der Waals surface area contributed by atoms with Gasteiger partial charge in [-0.1, -0.05) is 29.8 Å². The highest BCUT2D eigenvalue weighted by Gasteiger charge is 2.17. The summed E-state index contributed by atoms with van der Waals surface area (Å²) in [6.07, 6.45) is -0.535. The Bertz CT molecular complexity index is 755. The lowest BCUT2D eigenvalue weighted by Gasteiger charge is -2.17. The topological polar surface area (TPSA) is 73.9 Å². The molecule has 0 saturated carbocycles. The van der Waals surface area contributed by atoms with Crippen LogP contribution >= 0.6 is 0 Å². The van der Waals surface area contributed by atoms with Gasteiger partial charge in [-0.3, -0.25) is 4.72 Å². The minimum Gasteiger partial charge on any atom is -0.486 e. The van der Waals surface area contributed by atoms with Crippen molar-refractivity contribution in [3.8, 4) is 5.75 Å². The summed E-state index contributed by atoms with van der Waals surface area (Å²) < 4.78 is 43.3. The third kappa shape index (κ3) is 4.70. The molecular formula is C17H21NO5S. The van der Waals surface area contributed by atoms with E-state index in [9.17, 15) is 8.42 Å². The van der Waals surface area contributed by atoms with Crippen molar-refractivity contribution in [1.29, 1.82) is 0 Å². The quantitative estimate of drug-likeness (QED) is 0.740. The van der Waals surface area contributed by atoms with Crippen LogP contribution in [0, 0.1) is 6.92 Å². The fraction of sp³-hybridized carbons (Fsp3) is 0.294. The first-order valence-corrected chi connectivity index (χ1v) is 8.81. The van der Waals surface area contributed by atoms with Gasteiger partial charge in [0.25, 0.3) is 10.0 Å². The van der Waals surface area contributed by atoms with Gasteiger partial charge in [0.15, 0.2) is 6.29 Å². The number of rotatable bonds is 8. The number of sulfonamides is 1. The zero-order chi connectivity index (χ0) is 17.6. The highest BCUT2D eigenvalue weighted by molar-refractivity contribution is 7.92. The molecule has 0 heterocycles. The number of aryl methyl sites for hydroxylation is 1. The number of para-hydroxylation sites is 2. The van der Waals surface area contributed by atoms with E-state index in [4.69, 9.17) is 14.2 Å². The summed E-state index contributed by atoms with van der Waals surface area (Å²) in [6, 6.07) is 13.4. The van der Waals surface area contributed by atoms with Crippen molar-refractivity contribution in [2.75, 3.05) is 25.5 Å². The van der Waals surface area contributed by atoms with Crippen molar-refractivity contribution in [3.05, 3.63) is 54.1 Å². The Morgan fingerprint density at radius 3 is 2.25 bits per heavy atom. The lowest BCUT2D eigenvalue weighted by molar-refractivity contribution is -0.121. The van der Waals surface area contributed by atoms with E-state index in [0.29, 0.717) is 11.4 Å². The summed E-state index contributed by atoms with van der Waals surface area (Å²) in [7, 11) is -0.688. The van der Waals surface area contributed by atoms with Crippen LogP contribution in [0.1, 0.15) is 5.56 Å². The van der Waals surface area contributed by atoms with Gasteiger partial charge in [-0.2, -0.15) is 0 Å². The molecule has 0 amide bonds. The van der Waals surface area contributed by atoms with Crippen molar-refractivity contribution in [2.45, 2.75) is 18.1 Å². The molecule has 130 valence electrons. The van der Waals surface area contributed by atoms with E-state index in [1.54, 1.807) is 48.5 Å². The molecule has 2 aromatic carbocycles. The van der Waals surface area contributed by atoms with Crippen LogP contribution in [-0.4, -0.2) is 35.5 Å². The summed E-state index contributed by atoms with van der Waals surface area (Å²) in [5.41, 5.74) is 1.34. The SMILES string of the molecule is COC(COc1ccccc1NS(=O)(=O)c1ccc(C)cc1)OC. The molecule has 7 heteroatoms. The van der Waals surface area contributed by atoms with E-state index in [-0.39, 0.29) is 11.5 Å². The Labute approximate surface area is 142 Å². The smallest absolute Gasteiger partial charge is 0.262 e. The number of ether oxygens (including phenoxy) is 3. The van der Waals surface area contributed by atoms with Gasteiger partial charge in [-0.15, -0.1) is 0 Å². The average Bonchev–Trinajstić information content (AvgIpc) is 2.57. The molecule has 2 aromatic rings. The molecule has 0 aromatic heterocycles. The molecule has 24 heavy (non-hydrogen) atoms. The Morgan fingerprint density at radius 2 is 1.62 bits per heavy atom. The highest BCUT2D eigenvalue weighted by atomic mass is 32.2. The molecule has 6 nitrogen and oxygen atoms in total. The van der Waals surface area contributed by atoms with E-state index >= 15 is 0 Å². The molecule has 0 fully saturated rings. The summed E-state index contributed by atoms with van der Waals surface area (Å²) in [5.74, 6) is 0.396. The third-order valence-corrected chi connectivity index (χ3v) is 4.74. The number of anilines is 1. The third-order valence-electron chi connectivity index (χ3n) is 3.36. The standard InChI is InChI=1S/C17H21NO5S/c1-13-8-10-14(11-9-13)24(19,20)18-15-6-4-5-7-16(15)23-12-17(21-2)22-3/h4-11,17-18H,12H2,1-3H3. The molecule has 0 aliphatic rings. The number of methoxy groups -OCH3 is 2. The first kappa shape index (κ1) is 18.3. The maximum Gasteiger partial charge on any atom is 0.262 e. The summed E-state index contributed by atoms with van der Waals surface area (Å²) >= 11 is 0. The molecule has 0 unspecified atom stereocenters. The Morgan fingerprint density at radius 1 is 1.00 bits per heavy atom. The predicted molar refractivity (Wildman–Crippen MR) is 91.7 cm³/mol. The second-order valence-electron chi connectivity index (χ2n) is 5.13. The Hall–Kier alpha value is -2.09. The van der Waals surface area contributed by atoms with Gasteiger partial charge in [0.1, 0.15) is 12.4 Å². The highest BCUT2D eigenvalue weighted by Crippen LogP contribution is 2.27. The van der Waals surface area contributed by atoms with Crippen molar-refractivity contribution >= 4 is 15.7 Å². The summed E-state index contributed by atoms with van der Waals surface area (Å²) in [5, 5.41) is 0. The van der Waals surface area contributed by atoms with Crippen LogP contribution in [-0.2, 0) is 19.5 Å².